The topological polar surface area (TPSA) is 39.1 Å². The molecule has 2 aromatic rings. The Bertz CT molecular complexity index is 535. The van der Waals surface area contributed by atoms with Gasteiger partial charge in [-0.25, -0.2) is 9.07 Å². The lowest BCUT2D eigenvalue weighted by Gasteiger charge is -2.10. The van der Waals surface area contributed by atoms with E-state index in [-0.39, 0.29) is 12.0 Å². The molecule has 1 aromatic heterocycles. The van der Waals surface area contributed by atoms with Crippen molar-refractivity contribution in [2.75, 3.05) is 6.54 Å². The summed E-state index contributed by atoms with van der Waals surface area (Å²) in [7, 11) is 0. The maximum Gasteiger partial charge on any atom is 0.160 e. The fourth-order valence-electron chi connectivity index (χ4n) is 2.05. The van der Waals surface area contributed by atoms with Gasteiger partial charge in [0.25, 0.3) is 0 Å². The molecule has 0 saturated carbocycles. The molecule has 1 saturated heterocycles. The maximum absolute atomic E-state index is 13.6. The largest absolute Gasteiger partial charge is 0.472 e. The monoisotopic (exact) mass is 247 g/mol. The van der Waals surface area contributed by atoms with Crippen molar-refractivity contribution in [3.8, 4) is 11.4 Å². The average molecular weight is 247 g/mol. The van der Waals surface area contributed by atoms with Crippen LogP contribution < -0.4 is 10.1 Å². The minimum absolute atomic E-state index is 0.0447. The van der Waals surface area contributed by atoms with Crippen LogP contribution in [0.1, 0.15) is 12.8 Å². The first-order valence-corrected chi connectivity index (χ1v) is 6.02. The molecule has 0 spiro atoms. The van der Waals surface area contributed by atoms with E-state index < -0.39 is 0 Å². The fourth-order valence-corrected chi connectivity index (χ4v) is 2.05. The quantitative estimate of drug-likeness (QED) is 0.902. The van der Waals surface area contributed by atoms with Gasteiger partial charge in [-0.3, -0.25) is 5.32 Å². The lowest BCUT2D eigenvalue weighted by Crippen LogP contribution is -2.27. The standard InChI is InChI=1S/C13H14FN3O/c14-11-4-1-2-5-12(11)17-9-10(8-16-17)18-13-6-3-7-15-13/h1-2,4-5,8-9,13,15H,3,6-7H2. The Morgan fingerprint density at radius 2 is 2.28 bits per heavy atom. The fraction of sp³-hybridized carbons (Fsp3) is 0.308. The zero-order valence-electron chi connectivity index (χ0n) is 9.84. The van der Waals surface area contributed by atoms with Crippen LogP contribution in [0.3, 0.4) is 0 Å². The highest BCUT2D eigenvalue weighted by Gasteiger charge is 2.16. The van der Waals surface area contributed by atoms with Gasteiger partial charge in [0.2, 0.25) is 0 Å². The summed E-state index contributed by atoms with van der Waals surface area (Å²) in [5, 5.41) is 7.35. The molecule has 1 fully saturated rings. The predicted octanol–water partition coefficient (Wildman–Crippen LogP) is 2.10. The number of hydrogen-bond donors (Lipinski definition) is 1. The van der Waals surface area contributed by atoms with Gasteiger partial charge in [-0.2, -0.15) is 5.10 Å². The third-order valence-electron chi connectivity index (χ3n) is 2.95. The summed E-state index contributed by atoms with van der Waals surface area (Å²) in [4.78, 5) is 0. The average Bonchev–Trinajstić information content (AvgIpc) is 3.02. The first-order chi connectivity index (χ1) is 8.83. The molecule has 1 aliphatic heterocycles. The smallest absolute Gasteiger partial charge is 0.160 e. The van der Waals surface area contributed by atoms with Crippen molar-refractivity contribution in [2.45, 2.75) is 19.1 Å². The van der Waals surface area contributed by atoms with Crippen LogP contribution in [0, 0.1) is 5.82 Å². The first kappa shape index (κ1) is 11.2. The lowest BCUT2D eigenvalue weighted by molar-refractivity contribution is 0.187. The van der Waals surface area contributed by atoms with Crippen LogP contribution in [0.2, 0.25) is 0 Å². The second-order valence-corrected chi connectivity index (χ2v) is 4.27. The van der Waals surface area contributed by atoms with Crippen LogP contribution >= 0.6 is 0 Å². The molecule has 0 radical (unpaired) electrons. The summed E-state index contributed by atoms with van der Waals surface area (Å²) in [6.07, 6.45) is 5.45. The Morgan fingerprint density at radius 1 is 1.39 bits per heavy atom. The zero-order chi connectivity index (χ0) is 12.4. The maximum atomic E-state index is 13.6. The number of nitrogens with one attached hydrogen (secondary N) is 1. The molecular formula is C13H14FN3O. The Hall–Kier alpha value is -1.88. The Kier molecular flexibility index (Phi) is 2.98. The van der Waals surface area contributed by atoms with Crippen molar-refractivity contribution in [2.24, 2.45) is 0 Å². The van der Waals surface area contributed by atoms with E-state index in [1.165, 1.54) is 10.7 Å². The highest BCUT2D eigenvalue weighted by atomic mass is 19.1. The number of ether oxygens (including phenoxy) is 1. The van der Waals surface area contributed by atoms with Crippen molar-refractivity contribution < 1.29 is 9.13 Å². The number of halogens is 1. The van der Waals surface area contributed by atoms with Gasteiger partial charge >= 0.3 is 0 Å². The van der Waals surface area contributed by atoms with Crippen LogP contribution in [0.5, 0.6) is 5.75 Å². The van der Waals surface area contributed by atoms with E-state index in [1.54, 1.807) is 30.6 Å². The van der Waals surface area contributed by atoms with Gasteiger partial charge in [-0.1, -0.05) is 12.1 Å². The highest BCUT2D eigenvalue weighted by Crippen LogP contribution is 2.18. The second kappa shape index (κ2) is 4.78. The number of aromatic nitrogens is 2. The van der Waals surface area contributed by atoms with E-state index in [0.717, 1.165) is 19.4 Å². The Morgan fingerprint density at radius 3 is 3.06 bits per heavy atom. The summed E-state index contributed by atoms with van der Waals surface area (Å²) in [5.74, 6) is 0.351. The van der Waals surface area contributed by atoms with Gasteiger partial charge in [0.1, 0.15) is 17.7 Å². The number of rotatable bonds is 3. The number of hydrogen-bond acceptors (Lipinski definition) is 3. The van der Waals surface area contributed by atoms with Gasteiger partial charge in [-0.15, -0.1) is 0 Å². The molecule has 4 nitrogen and oxygen atoms in total. The van der Waals surface area contributed by atoms with Crippen molar-refractivity contribution >= 4 is 0 Å². The summed E-state index contributed by atoms with van der Waals surface area (Å²) in [6, 6.07) is 6.53. The molecule has 2 heterocycles. The molecule has 0 aliphatic carbocycles. The summed E-state index contributed by atoms with van der Waals surface area (Å²) in [6.45, 7) is 0.978. The van der Waals surface area contributed by atoms with Crippen LogP contribution in [0.4, 0.5) is 4.39 Å². The molecule has 18 heavy (non-hydrogen) atoms. The number of para-hydroxylation sites is 1. The molecule has 0 amide bonds. The second-order valence-electron chi connectivity index (χ2n) is 4.27. The van der Waals surface area contributed by atoms with Crippen molar-refractivity contribution in [1.29, 1.82) is 0 Å². The van der Waals surface area contributed by atoms with E-state index >= 15 is 0 Å². The predicted molar refractivity (Wildman–Crippen MR) is 65.2 cm³/mol. The number of benzene rings is 1. The Labute approximate surface area is 104 Å². The Balaban J connectivity index is 1.79. The highest BCUT2D eigenvalue weighted by molar-refractivity contribution is 5.33. The van der Waals surface area contributed by atoms with Crippen molar-refractivity contribution in [3.63, 3.8) is 0 Å². The van der Waals surface area contributed by atoms with Crippen LogP contribution in [0.15, 0.2) is 36.7 Å². The van der Waals surface area contributed by atoms with Gasteiger partial charge in [0.15, 0.2) is 5.75 Å². The zero-order valence-corrected chi connectivity index (χ0v) is 9.84. The van der Waals surface area contributed by atoms with E-state index in [2.05, 4.69) is 10.4 Å². The lowest BCUT2D eigenvalue weighted by atomic mass is 10.3. The summed E-state index contributed by atoms with van der Waals surface area (Å²) in [5.41, 5.74) is 0.423. The normalized spacial score (nSPS) is 19.1. The molecule has 1 N–H and O–H groups in total. The first-order valence-electron chi connectivity index (χ1n) is 6.02. The molecule has 5 heteroatoms. The summed E-state index contributed by atoms with van der Waals surface area (Å²) < 4.78 is 20.8. The van der Waals surface area contributed by atoms with Gasteiger partial charge in [0, 0.05) is 0 Å². The third kappa shape index (κ3) is 2.22. The molecule has 1 aliphatic rings. The van der Waals surface area contributed by atoms with Crippen molar-refractivity contribution in [3.05, 3.63) is 42.5 Å². The molecule has 1 atom stereocenters. The minimum atomic E-state index is -0.300. The molecule has 94 valence electrons. The van der Waals surface area contributed by atoms with Gasteiger partial charge in [0.05, 0.1) is 12.4 Å². The van der Waals surface area contributed by atoms with E-state index in [1.807, 2.05) is 0 Å². The molecule has 1 unspecified atom stereocenters. The van der Waals surface area contributed by atoms with Gasteiger partial charge in [-0.05, 0) is 31.5 Å². The molecule has 0 bridgehead atoms. The van der Waals surface area contributed by atoms with E-state index in [9.17, 15) is 4.39 Å². The van der Waals surface area contributed by atoms with Crippen molar-refractivity contribution in [1.82, 2.24) is 15.1 Å². The SMILES string of the molecule is Fc1ccccc1-n1cc(OC2CCCN2)cn1. The van der Waals surface area contributed by atoms with Crippen LogP contribution in [-0.2, 0) is 0 Å². The van der Waals surface area contributed by atoms with E-state index in [0.29, 0.717) is 11.4 Å². The summed E-state index contributed by atoms with van der Waals surface area (Å²) >= 11 is 0. The van der Waals surface area contributed by atoms with Crippen LogP contribution in [-0.4, -0.2) is 22.6 Å². The molecular weight excluding hydrogens is 233 g/mol. The third-order valence-corrected chi connectivity index (χ3v) is 2.95. The minimum Gasteiger partial charge on any atom is -0.472 e. The number of nitrogens with zero attached hydrogens (tertiary/aromatic N) is 2. The van der Waals surface area contributed by atoms with Gasteiger partial charge < -0.3 is 4.74 Å². The molecule has 3 rings (SSSR count). The van der Waals surface area contributed by atoms with Crippen LogP contribution in [0.25, 0.3) is 5.69 Å². The molecule has 1 aromatic carbocycles. The van der Waals surface area contributed by atoms with E-state index in [4.69, 9.17) is 4.74 Å².